The molecule has 0 unspecified atom stereocenters. The fourth-order valence-corrected chi connectivity index (χ4v) is 3.74. The van der Waals surface area contributed by atoms with Gasteiger partial charge in [0, 0.05) is 17.0 Å². The van der Waals surface area contributed by atoms with Crippen LogP contribution in [-0.4, -0.2) is 22.0 Å². The van der Waals surface area contributed by atoms with Gasteiger partial charge in [-0.2, -0.15) is 0 Å². The minimum Gasteiger partial charge on any atom is -0.391 e. The van der Waals surface area contributed by atoms with Crippen molar-refractivity contribution >= 4 is 17.0 Å². The summed E-state index contributed by atoms with van der Waals surface area (Å²) in [6.45, 7) is 4.78. The number of fused-ring (bicyclic) bond motifs is 2. The monoisotopic (exact) mass is 296 g/mol. The lowest BCUT2D eigenvalue weighted by atomic mass is 10.0. The van der Waals surface area contributed by atoms with E-state index in [2.05, 4.69) is 31.0 Å². The van der Waals surface area contributed by atoms with Crippen LogP contribution in [0.3, 0.4) is 0 Å². The zero-order valence-corrected chi connectivity index (χ0v) is 13.1. The molecule has 4 heteroatoms. The zero-order chi connectivity index (χ0) is 15.3. The number of amides is 1. The van der Waals surface area contributed by atoms with Gasteiger partial charge in [0.05, 0.1) is 12.1 Å². The maximum absolute atomic E-state index is 12.3. The van der Waals surface area contributed by atoms with Crippen LogP contribution in [0.5, 0.6) is 5.88 Å². The van der Waals surface area contributed by atoms with Crippen molar-refractivity contribution in [2.45, 2.75) is 52.1 Å². The van der Waals surface area contributed by atoms with Crippen LogP contribution < -0.4 is 4.74 Å². The highest BCUT2D eigenvalue weighted by molar-refractivity contribution is 5.85. The van der Waals surface area contributed by atoms with E-state index in [-0.39, 0.29) is 6.09 Å². The summed E-state index contributed by atoms with van der Waals surface area (Å²) in [5.74, 6) is 0.483. The molecule has 2 aromatic rings. The standard InChI is InChI=1S/C18H20N2O2/c1-11-7-12(2)15-9-13-10-20(14-5-3-4-6-14)18(21)22-17(13)19-16(15)8-11/h7-9,14H,3-6,10H2,1-2H3. The smallest absolute Gasteiger partial charge is 0.391 e. The van der Waals surface area contributed by atoms with E-state index in [1.165, 1.54) is 24.0 Å². The Morgan fingerprint density at radius 2 is 1.95 bits per heavy atom. The molecule has 1 aliphatic carbocycles. The highest BCUT2D eigenvalue weighted by atomic mass is 16.6. The molecule has 2 aliphatic rings. The molecular weight excluding hydrogens is 276 g/mol. The maximum Gasteiger partial charge on any atom is 0.417 e. The fourth-order valence-electron chi connectivity index (χ4n) is 3.74. The normalized spacial score (nSPS) is 18.6. The molecule has 0 spiro atoms. The predicted molar refractivity (Wildman–Crippen MR) is 85.0 cm³/mol. The Labute approximate surface area is 130 Å². The van der Waals surface area contributed by atoms with Gasteiger partial charge in [-0.1, -0.05) is 18.9 Å². The van der Waals surface area contributed by atoms with Crippen LogP contribution in [0.4, 0.5) is 4.79 Å². The minimum atomic E-state index is -0.240. The van der Waals surface area contributed by atoms with E-state index in [1.54, 1.807) is 0 Å². The average Bonchev–Trinajstić information content (AvgIpc) is 2.99. The fraction of sp³-hybridized carbons (Fsp3) is 0.444. The number of aromatic nitrogens is 1. The summed E-state index contributed by atoms with van der Waals surface area (Å²) in [6, 6.07) is 6.68. The highest BCUT2D eigenvalue weighted by Crippen LogP contribution is 2.33. The van der Waals surface area contributed by atoms with Gasteiger partial charge in [-0.3, -0.25) is 0 Å². The van der Waals surface area contributed by atoms with Gasteiger partial charge in [0.15, 0.2) is 0 Å². The molecule has 0 radical (unpaired) electrons. The second-order valence-corrected chi connectivity index (χ2v) is 6.54. The molecule has 2 heterocycles. The molecule has 0 atom stereocenters. The number of rotatable bonds is 1. The third-order valence-electron chi connectivity index (χ3n) is 4.85. The van der Waals surface area contributed by atoms with Crippen molar-refractivity contribution in [2.24, 2.45) is 0 Å². The van der Waals surface area contributed by atoms with Crippen molar-refractivity contribution in [3.8, 4) is 5.88 Å². The first-order valence-corrected chi connectivity index (χ1v) is 8.01. The van der Waals surface area contributed by atoms with Crippen molar-refractivity contribution in [1.29, 1.82) is 0 Å². The van der Waals surface area contributed by atoms with E-state index in [9.17, 15) is 4.79 Å². The lowest BCUT2D eigenvalue weighted by molar-refractivity contribution is 0.114. The molecular formula is C18H20N2O2. The zero-order valence-electron chi connectivity index (χ0n) is 13.1. The van der Waals surface area contributed by atoms with E-state index in [0.29, 0.717) is 18.5 Å². The Kier molecular flexibility index (Phi) is 3.06. The van der Waals surface area contributed by atoms with Crippen LogP contribution >= 0.6 is 0 Å². The van der Waals surface area contributed by atoms with Gasteiger partial charge in [0.1, 0.15) is 0 Å². The average molecular weight is 296 g/mol. The third kappa shape index (κ3) is 2.14. The number of carbonyl (C=O) groups excluding carboxylic acids is 1. The number of aryl methyl sites for hydroxylation is 2. The van der Waals surface area contributed by atoms with Crippen LogP contribution in [0.25, 0.3) is 10.9 Å². The van der Waals surface area contributed by atoms with Gasteiger partial charge in [-0.25, -0.2) is 9.78 Å². The summed E-state index contributed by atoms with van der Waals surface area (Å²) >= 11 is 0. The van der Waals surface area contributed by atoms with E-state index in [4.69, 9.17) is 4.74 Å². The van der Waals surface area contributed by atoms with Gasteiger partial charge in [0.25, 0.3) is 0 Å². The Balaban J connectivity index is 1.77. The van der Waals surface area contributed by atoms with Crippen molar-refractivity contribution < 1.29 is 9.53 Å². The number of hydrogen-bond donors (Lipinski definition) is 0. The predicted octanol–water partition coefficient (Wildman–Crippen LogP) is 4.11. The third-order valence-corrected chi connectivity index (χ3v) is 4.85. The molecule has 1 amide bonds. The first-order valence-electron chi connectivity index (χ1n) is 8.01. The Morgan fingerprint density at radius 3 is 2.73 bits per heavy atom. The molecule has 114 valence electrons. The van der Waals surface area contributed by atoms with E-state index < -0.39 is 0 Å². The summed E-state index contributed by atoms with van der Waals surface area (Å²) in [5.41, 5.74) is 4.31. The Hall–Kier alpha value is -2.10. The summed E-state index contributed by atoms with van der Waals surface area (Å²) in [5, 5.41) is 1.15. The molecule has 22 heavy (non-hydrogen) atoms. The second-order valence-electron chi connectivity index (χ2n) is 6.54. The summed E-state index contributed by atoms with van der Waals surface area (Å²) < 4.78 is 5.52. The van der Waals surface area contributed by atoms with Crippen molar-refractivity contribution in [3.05, 3.63) is 34.9 Å². The molecule has 0 saturated heterocycles. The quantitative estimate of drug-likeness (QED) is 0.795. The lowest BCUT2D eigenvalue weighted by Gasteiger charge is -2.32. The molecule has 0 bridgehead atoms. The second kappa shape index (κ2) is 4.97. The van der Waals surface area contributed by atoms with Crippen molar-refractivity contribution in [2.75, 3.05) is 0 Å². The molecule has 0 N–H and O–H groups in total. The number of ether oxygens (including phenoxy) is 1. The van der Waals surface area contributed by atoms with Gasteiger partial charge < -0.3 is 9.64 Å². The van der Waals surface area contributed by atoms with Crippen LogP contribution in [0.15, 0.2) is 18.2 Å². The summed E-state index contributed by atoms with van der Waals surface area (Å²) in [7, 11) is 0. The molecule has 4 rings (SSSR count). The summed E-state index contributed by atoms with van der Waals surface area (Å²) in [6.07, 6.45) is 4.34. The number of carbonyl (C=O) groups is 1. The SMILES string of the molecule is Cc1cc(C)c2cc3c(nc2c1)OC(=O)N(C1CCCC1)C3. The van der Waals surface area contributed by atoms with E-state index in [0.717, 1.165) is 29.3 Å². The van der Waals surface area contributed by atoms with Gasteiger partial charge in [0.2, 0.25) is 5.88 Å². The Morgan fingerprint density at radius 1 is 1.18 bits per heavy atom. The highest BCUT2D eigenvalue weighted by Gasteiger charge is 2.33. The van der Waals surface area contributed by atoms with Crippen molar-refractivity contribution in [3.63, 3.8) is 0 Å². The first-order chi connectivity index (χ1) is 10.6. The molecule has 4 nitrogen and oxygen atoms in total. The Bertz CT molecular complexity index is 763. The van der Waals surface area contributed by atoms with Crippen molar-refractivity contribution in [1.82, 2.24) is 9.88 Å². The number of hydrogen-bond acceptors (Lipinski definition) is 3. The molecule has 1 aromatic heterocycles. The molecule has 1 saturated carbocycles. The number of pyridine rings is 1. The maximum atomic E-state index is 12.3. The lowest BCUT2D eigenvalue weighted by Crippen LogP contribution is -2.43. The van der Waals surface area contributed by atoms with Gasteiger partial charge in [-0.15, -0.1) is 0 Å². The van der Waals surface area contributed by atoms with Crippen LogP contribution in [-0.2, 0) is 6.54 Å². The number of nitrogens with zero attached hydrogens (tertiary/aromatic N) is 2. The van der Waals surface area contributed by atoms with E-state index in [1.807, 2.05) is 11.0 Å². The number of benzene rings is 1. The summed E-state index contributed by atoms with van der Waals surface area (Å²) in [4.78, 5) is 18.7. The van der Waals surface area contributed by atoms with Crippen LogP contribution in [0.1, 0.15) is 42.4 Å². The largest absolute Gasteiger partial charge is 0.417 e. The molecule has 1 fully saturated rings. The van der Waals surface area contributed by atoms with E-state index >= 15 is 0 Å². The molecule has 1 aromatic carbocycles. The molecule has 1 aliphatic heterocycles. The topological polar surface area (TPSA) is 42.4 Å². The van der Waals surface area contributed by atoms with Crippen LogP contribution in [0, 0.1) is 13.8 Å². The van der Waals surface area contributed by atoms with Crippen LogP contribution in [0.2, 0.25) is 0 Å². The minimum absolute atomic E-state index is 0.240. The first kappa shape index (κ1) is 13.6. The van der Waals surface area contributed by atoms with Gasteiger partial charge in [-0.05, 0) is 49.9 Å². The van der Waals surface area contributed by atoms with Gasteiger partial charge >= 0.3 is 6.09 Å².